The van der Waals surface area contributed by atoms with Gasteiger partial charge in [-0.15, -0.1) is 0 Å². The highest BCUT2D eigenvalue weighted by Gasteiger charge is 2.21. The molecule has 9 aromatic carbocycles. The molecule has 0 radical (unpaired) electrons. The van der Waals surface area contributed by atoms with E-state index in [1.807, 2.05) is 12.1 Å². The van der Waals surface area contributed by atoms with Gasteiger partial charge in [0.05, 0.1) is 5.69 Å². The third-order valence-corrected chi connectivity index (χ3v) is 10.9. The van der Waals surface area contributed by atoms with Gasteiger partial charge in [0.15, 0.2) is 0 Å². The summed E-state index contributed by atoms with van der Waals surface area (Å²) in [4.78, 5) is 2.36. The van der Waals surface area contributed by atoms with E-state index in [1.54, 1.807) is 0 Å². The summed E-state index contributed by atoms with van der Waals surface area (Å²) in [6, 6.07) is 70.9. The van der Waals surface area contributed by atoms with Crippen LogP contribution in [0.5, 0.6) is 0 Å². The van der Waals surface area contributed by atoms with E-state index in [4.69, 9.17) is 8.83 Å². The SMILES string of the molecule is c1ccc(-c2ccccc2N(c2ccc(-c3cccc4oc5cc(-c6ccccc6)c6ccccc6c5c34)cc2)c2ccc3oc4ccccc4c3c2)cc1. The minimum absolute atomic E-state index is 0.875. The fourth-order valence-electron chi connectivity index (χ4n) is 8.38. The second-order valence-corrected chi connectivity index (χ2v) is 14.0. The number of anilines is 3. The van der Waals surface area contributed by atoms with Crippen molar-refractivity contribution in [2.75, 3.05) is 4.90 Å². The number of furan rings is 2. The molecule has 0 aliphatic heterocycles. The molecule has 0 bridgehead atoms. The Balaban J connectivity index is 1.09. The van der Waals surface area contributed by atoms with Crippen LogP contribution in [0.1, 0.15) is 0 Å². The number of hydrogen-bond acceptors (Lipinski definition) is 3. The summed E-state index contributed by atoms with van der Waals surface area (Å²) < 4.78 is 12.9. The third kappa shape index (κ3) is 5.13. The Morgan fingerprint density at radius 2 is 0.855 bits per heavy atom. The van der Waals surface area contributed by atoms with Gasteiger partial charge in [0.2, 0.25) is 0 Å². The minimum atomic E-state index is 0.875. The van der Waals surface area contributed by atoms with Crippen molar-refractivity contribution in [1.29, 1.82) is 0 Å². The lowest BCUT2D eigenvalue weighted by molar-refractivity contribution is 0.668. The normalized spacial score (nSPS) is 11.6. The van der Waals surface area contributed by atoms with E-state index >= 15 is 0 Å². The van der Waals surface area contributed by atoms with Crippen molar-refractivity contribution < 1.29 is 8.83 Å². The molecule has 11 rings (SSSR count). The lowest BCUT2D eigenvalue weighted by Gasteiger charge is -2.28. The van der Waals surface area contributed by atoms with Crippen LogP contribution in [0.25, 0.3) is 88.0 Å². The second-order valence-electron chi connectivity index (χ2n) is 14.0. The molecular formula is C52H33NO2. The number of rotatable bonds is 6. The van der Waals surface area contributed by atoms with Crippen molar-refractivity contribution in [1.82, 2.24) is 0 Å². The first-order chi connectivity index (χ1) is 27.3. The van der Waals surface area contributed by atoms with E-state index < -0.39 is 0 Å². The van der Waals surface area contributed by atoms with Crippen LogP contribution in [0.15, 0.2) is 209 Å². The first kappa shape index (κ1) is 31.2. The van der Waals surface area contributed by atoms with Crippen LogP contribution in [-0.2, 0) is 0 Å². The smallest absolute Gasteiger partial charge is 0.136 e. The number of para-hydroxylation sites is 2. The van der Waals surface area contributed by atoms with Gasteiger partial charge in [0.1, 0.15) is 22.3 Å². The molecular weight excluding hydrogens is 671 g/mol. The first-order valence-corrected chi connectivity index (χ1v) is 18.7. The van der Waals surface area contributed by atoms with E-state index in [0.717, 1.165) is 83.2 Å². The molecule has 0 atom stereocenters. The maximum Gasteiger partial charge on any atom is 0.136 e. The molecule has 0 saturated heterocycles. The zero-order chi connectivity index (χ0) is 36.3. The first-order valence-electron chi connectivity index (χ1n) is 18.7. The Kier molecular flexibility index (Phi) is 7.17. The zero-order valence-electron chi connectivity index (χ0n) is 29.8. The molecule has 0 fully saturated rings. The molecule has 3 heteroatoms. The van der Waals surface area contributed by atoms with E-state index in [9.17, 15) is 0 Å². The maximum absolute atomic E-state index is 6.66. The molecule has 0 N–H and O–H groups in total. The standard InChI is InChI=1S/C52H33NO2/c1-3-14-34(15-4-1)39-18-9-11-23-46(39)53(38-30-31-48-45(32-38)42-20-10-12-24-47(42)54-48)37-28-26-36(27-29-37)40-22-13-25-49-51(40)52-43-21-8-7-19-41(43)44(33-50(52)55-49)35-16-5-2-6-17-35/h1-33H. The Bertz CT molecular complexity index is 3190. The number of hydrogen-bond donors (Lipinski definition) is 0. The predicted molar refractivity (Wildman–Crippen MR) is 229 cm³/mol. The van der Waals surface area contributed by atoms with Gasteiger partial charge in [0, 0.05) is 38.5 Å². The number of nitrogens with zero attached hydrogens (tertiary/aromatic N) is 1. The lowest BCUT2D eigenvalue weighted by atomic mass is 9.92. The summed E-state index contributed by atoms with van der Waals surface area (Å²) in [6.45, 7) is 0. The second kappa shape index (κ2) is 12.6. The highest BCUT2D eigenvalue weighted by atomic mass is 16.3. The van der Waals surface area contributed by atoms with Gasteiger partial charge in [-0.05, 0) is 93.2 Å². The van der Waals surface area contributed by atoms with E-state index in [1.165, 1.54) is 21.9 Å². The number of benzene rings is 9. The van der Waals surface area contributed by atoms with Gasteiger partial charge in [0.25, 0.3) is 0 Å². The van der Waals surface area contributed by atoms with Crippen molar-refractivity contribution in [3.05, 3.63) is 200 Å². The van der Waals surface area contributed by atoms with Gasteiger partial charge in [-0.3, -0.25) is 0 Å². The van der Waals surface area contributed by atoms with Crippen molar-refractivity contribution >= 4 is 71.7 Å². The monoisotopic (exact) mass is 703 g/mol. The fourth-order valence-corrected chi connectivity index (χ4v) is 8.38. The molecule has 0 aliphatic carbocycles. The summed E-state index contributed by atoms with van der Waals surface area (Å²) in [5, 5.41) is 6.87. The Labute approximate surface area is 317 Å². The van der Waals surface area contributed by atoms with Gasteiger partial charge in [-0.2, -0.15) is 0 Å². The molecule has 2 heterocycles. The van der Waals surface area contributed by atoms with Crippen LogP contribution >= 0.6 is 0 Å². The average molecular weight is 704 g/mol. The van der Waals surface area contributed by atoms with Crippen LogP contribution in [0.3, 0.4) is 0 Å². The van der Waals surface area contributed by atoms with Crippen LogP contribution in [-0.4, -0.2) is 0 Å². The summed E-state index contributed by atoms with van der Waals surface area (Å²) in [7, 11) is 0. The summed E-state index contributed by atoms with van der Waals surface area (Å²) in [5.74, 6) is 0. The van der Waals surface area contributed by atoms with Gasteiger partial charge in [-0.25, -0.2) is 0 Å². The lowest BCUT2D eigenvalue weighted by Crippen LogP contribution is -2.11. The van der Waals surface area contributed by atoms with Crippen molar-refractivity contribution in [2.24, 2.45) is 0 Å². The highest BCUT2D eigenvalue weighted by Crippen LogP contribution is 2.46. The van der Waals surface area contributed by atoms with Gasteiger partial charge < -0.3 is 13.7 Å². The minimum Gasteiger partial charge on any atom is -0.456 e. The van der Waals surface area contributed by atoms with Crippen LogP contribution in [0.2, 0.25) is 0 Å². The Morgan fingerprint density at radius 3 is 1.65 bits per heavy atom. The van der Waals surface area contributed by atoms with Crippen molar-refractivity contribution in [3.8, 4) is 33.4 Å². The van der Waals surface area contributed by atoms with E-state index in [0.29, 0.717) is 0 Å². The van der Waals surface area contributed by atoms with Crippen molar-refractivity contribution in [2.45, 2.75) is 0 Å². The molecule has 0 unspecified atom stereocenters. The molecule has 2 aromatic heterocycles. The predicted octanol–water partition coefficient (Wildman–Crippen LogP) is 15.1. The van der Waals surface area contributed by atoms with Gasteiger partial charge >= 0.3 is 0 Å². The van der Waals surface area contributed by atoms with Crippen molar-refractivity contribution in [3.63, 3.8) is 0 Å². The third-order valence-electron chi connectivity index (χ3n) is 10.9. The van der Waals surface area contributed by atoms with Gasteiger partial charge in [-0.1, -0.05) is 146 Å². The summed E-state index contributed by atoms with van der Waals surface area (Å²) in [5.41, 5.74) is 13.7. The molecule has 11 aromatic rings. The molecule has 0 aliphatic rings. The highest BCUT2D eigenvalue weighted by molar-refractivity contribution is 6.25. The molecule has 0 spiro atoms. The Morgan fingerprint density at radius 1 is 0.291 bits per heavy atom. The molecule has 3 nitrogen and oxygen atoms in total. The summed E-state index contributed by atoms with van der Waals surface area (Å²) in [6.07, 6.45) is 0. The topological polar surface area (TPSA) is 29.5 Å². The Hall–Kier alpha value is -7.36. The van der Waals surface area contributed by atoms with Crippen LogP contribution in [0, 0.1) is 0 Å². The molecule has 258 valence electrons. The summed E-state index contributed by atoms with van der Waals surface area (Å²) >= 11 is 0. The van der Waals surface area contributed by atoms with E-state index in [2.05, 4.69) is 193 Å². The van der Waals surface area contributed by atoms with Crippen LogP contribution in [0.4, 0.5) is 17.1 Å². The largest absolute Gasteiger partial charge is 0.456 e. The van der Waals surface area contributed by atoms with Crippen LogP contribution < -0.4 is 4.90 Å². The quantitative estimate of drug-likeness (QED) is 0.173. The molecule has 0 saturated carbocycles. The average Bonchev–Trinajstić information content (AvgIpc) is 3.83. The molecule has 0 amide bonds. The number of fused-ring (bicyclic) bond motifs is 8. The van der Waals surface area contributed by atoms with E-state index in [-0.39, 0.29) is 0 Å². The maximum atomic E-state index is 6.66. The fraction of sp³-hybridized carbons (Fsp3) is 0. The zero-order valence-corrected chi connectivity index (χ0v) is 29.8. The molecule has 55 heavy (non-hydrogen) atoms.